The molecule has 5 heteroatoms. The number of hydrogen-bond acceptors (Lipinski definition) is 4. The Labute approximate surface area is 141 Å². The fourth-order valence-corrected chi connectivity index (χ4v) is 3.30. The zero-order valence-electron chi connectivity index (χ0n) is 13.9. The number of aliphatic imine (C=N–C) groups is 1. The number of benzene rings is 1. The Balaban J connectivity index is 1.96. The van der Waals surface area contributed by atoms with Gasteiger partial charge in [-0.1, -0.05) is 32.0 Å². The molecule has 0 spiro atoms. The van der Waals surface area contributed by atoms with Gasteiger partial charge in [0, 0.05) is 24.7 Å². The zero-order chi connectivity index (χ0) is 16.7. The Bertz CT molecular complexity index is 843. The molecule has 4 rings (SSSR count). The number of anilines is 1. The number of fused-ring (bicyclic) bond motifs is 3. The molecule has 1 aromatic heterocycles. The van der Waals surface area contributed by atoms with E-state index >= 15 is 0 Å². The fraction of sp³-hybridized carbons (Fsp3) is 0.316. The van der Waals surface area contributed by atoms with Crippen LogP contribution in [-0.2, 0) is 0 Å². The van der Waals surface area contributed by atoms with Crippen molar-refractivity contribution in [1.82, 2.24) is 4.98 Å². The maximum atomic E-state index is 13.0. The van der Waals surface area contributed by atoms with E-state index in [1.165, 1.54) is 0 Å². The molecule has 5 nitrogen and oxygen atoms in total. The van der Waals surface area contributed by atoms with Gasteiger partial charge in [0.05, 0.1) is 5.56 Å². The molecule has 0 aliphatic carbocycles. The van der Waals surface area contributed by atoms with Gasteiger partial charge in [0.2, 0.25) is 5.84 Å². The van der Waals surface area contributed by atoms with Crippen LogP contribution in [0.15, 0.2) is 53.8 Å². The van der Waals surface area contributed by atoms with E-state index in [1.54, 1.807) is 12.4 Å². The topological polar surface area (TPSA) is 54.6 Å². The maximum absolute atomic E-state index is 13.0. The van der Waals surface area contributed by atoms with Crippen LogP contribution in [0.1, 0.15) is 25.8 Å². The summed E-state index contributed by atoms with van der Waals surface area (Å²) >= 11 is 0. The summed E-state index contributed by atoms with van der Waals surface area (Å²) in [7, 11) is 0. The molecule has 1 unspecified atom stereocenters. The minimum Gasteiger partial charge on any atom is -0.618 e. The highest BCUT2D eigenvalue weighted by molar-refractivity contribution is 6.51. The van der Waals surface area contributed by atoms with Gasteiger partial charge >= 0.3 is 0 Å². The Morgan fingerprint density at radius 3 is 2.79 bits per heavy atom. The van der Waals surface area contributed by atoms with Gasteiger partial charge in [-0.15, -0.1) is 0 Å². The standard InChI is InChI=1S/C19H20N4O/c1-3-19(2)12-21-18-17(14-7-5-4-6-8-14)23(24)16-11-20-10-9-15(16)22(18)13-19/h4-11H,3,12-13H2,1-2H3. The van der Waals surface area contributed by atoms with Gasteiger partial charge in [-0.25, -0.2) is 0 Å². The zero-order valence-corrected chi connectivity index (χ0v) is 13.9. The highest BCUT2D eigenvalue weighted by Crippen LogP contribution is 2.38. The molecule has 0 saturated heterocycles. The minimum absolute atomic E-state index is 0.108. The summed E-state index contributed by atoms with van der Waals surface area (Å²) in [6.45, 7) is 6.03. The SMILES string of the molecule is CCC1(C)CN=C2C(c3ccccc3)=[N+]([O-])c3cnccc3N2C1. The molecular weight excluding hydrogens is 300 g/mol. The van der Waals surface area contributed by atoms with E-state index in [9.17, 15) is 5.21 Å². The predicted octanol–water partition coefficient (Wildman–Crippen LogP) is 3.36. The molecule has 0 radical (unpaired) electrons. The molecule has 2 aliphatic rings. The quantitative estimate of drug-likeness (QED) is 0.630. The molecule has 3 heterocycles. The molecule has 2 aromatic rings. The van der Waals surface area contributed by atoms with Crippen molar-refractivity contribution in [1.29, 1.82) is 0 Å². The first-order chi connectivity index (χ1) is 11.6. The summed E-state index contributed by atoms with van der Waals surface area (Å²) in [6, 6.07) is 11.6. The Morgan fingerprint density at radius 1 is 1.25 bits per heavy atom. The van der Waals surface area contributed by atoms with Crippen molar-refractivity contribution < 1.29 is 4.74 Å². The number of nitrogens with zero attached hydrogens (tertiary/aromatic N) is 4. The van der Waals surface area contributed by atoms with E-state index in [2.05, 4.69) is 23.7 Å². The highest BCUT2D eigenvalue weighted by Gasteiger charge is 2.42. The van der Waals surface area contributed by atoms with Crippen molar-refractivity contribution in [2.45, 2.75) is 20.3 Å². The van der Waals surface area contributed by atoms with Crippen LogP contribution in [0, 0.1) is 10.6 Å². The maximum Gasteiger partial charge on any atom is 0.267 e. The number of aromatic nitrogens is 1. The first-order valence-electron chi connectivity index (χ1n) is 8.29. The average Bonchev–Trinajstić information content (AvgIpc) is 2.63. The van der Waals surface area contributed by atoms with Crippen LogP contribution < -0.4 is 4.90 Å². The number of pyridine rings is 1. The molecule has 0 amide bonds. The molecule has 2 aliphatic heterocycles. The Kier molecular flexibility index (Phi) is 3.37. The summed E-state index contributed by atoms with van der Waals surface area (Å²) < 4.78 is 0.974. The lowest BCUT2D eigenvalue weighted by Crippen LogP contribution is -2.52. The van der Waals surface area contributed by atoms with Crippen molar-refractivity contribution in [3.63, 3.8) is 0 Å². The van der Waals surface area contributed by atoms with E-state index in [0.717, 1.165) is 41.3 Å². The molecule has 0 bridgehead atoms. The van der Waals surface area contributed by atoms with Crippen molar-refractivity contribution >= 4 is 22.9 Å². The van der Waals surface area contributed by atoms with E-state index in [1.807, 2.05) is 36.4 Å². The molecule has 0 fully saturated rings. The van der Waals surface area contributed by atoms with Crippen LogP contribution in [0.2, 0.25) is 0 Å². The van der Waals surface area contributed by atoms with E-state index in [4.69, 9.17) is 4.99 Å². The van der Waals surface area contributed by atoms with Crippen LogP contribution in [0.3, 0.4) is 0 Å². The summed E-state index contributed by atoms with van der Waals surface area (Å²) in [4.78, 5) is 11.2. The number of hydrogen-bond donors (Lipinski definition) is 0. The normalized spacial score (nSPS) is 22.8. The Hall–Kier alpha value is -2.69. The van der Waals surface area contributed by atoms with Gasteiger partial charge in [0.25, 0.3) is 11.4 Å². The first-order valence-corrected chi connectivity index (χ1v) is 8.29. The van der Waals surface area contributed by atoms with Gasteiger partial charge in [-0.05, 0) is 24.6 Å². The Morgan fingerprint density at radius 2 is 2.04 bits per heavy atom. The van der Waals surface area contributed by atoms with Crippen LogP contribution in [-0.4, -0.2) is 34.4 Å². The van der Waals surface area contributed by atoms with Crippen molar-refractivity contribution in [3.05, 3.63) is 59.6 Å². The lowest BCUT2D eigenvalue weighted by atomic mass is 9.84. The third kappa shape index (κ3) is 2.19. The summed E-state index contributed by atoms with van der Waals surface area (Å²) in [5.41, 5.74) is 3.06. The van der Waals surface area contributed by atoms with Crippen molar-refractivity contribution in [3.8, 4) is 0 Å². The second-order valence-electron chi connectivity index (χ2n) is 6.76. The van der Waals surface area contributed by atoms with Gasteiger partial charge in [0.15, 0.2) is 0 Å². The van der Waals surface area contributed by atoms with Crippen LogP contribution in [0.5, 0.6) is 0 Å². The molecular formula is C19H20N4O. The molecule has 1 atom stereocenters. The second kappa shape index (κ2) is 5.44. The van der Waals surface area contributed by atoms with E-state index < -0.39 is 0 Å². The molecule has 1 aromatic carbocycles. The minimum atomic E-state index is 0.108. The molecule has 122 valence electrons. The lowest BCUT2D eigenvalue weighted by molar-refractivity contribution is -0.358. The van der Waals surface area contributed by atoms with Crippen molar-refractivity contribution in [2.24, 2.45) is 10.4 Å². The third-order valence-electron chi connectivity index (χ3n) is 5.01. The van der Waals surface area contributed by atoms with Crippen LogP contribution in [0.25, 0.3) is 0 Å². The molecule has 0 saturated carbocycles. The summed E-state index contributed by atoms with van der Waals surface area (Å²) in [5.74, 6) is 0.765. The molecule has 0 N–H and O–H groups in total. The van der Waals surface area contributed by atoms with Crippen LogP contribution >= 0.6 is 0 Å². The lowest BCUT2D eigenvalue weighted by Gasteiger charge is -2.41. The van der Waals surface area contributed by atoms with Crippen LogP contribution in [0.4, 0.5) is 11.4 Å². The smallest absolute Gasteiger partial charge is 0.267 e. The van der Waals surface area contributed by atoms with Gasteiger partial charge in [0.1, 0.15) is 11.9 Å². The van der Waals surface area contributed by atoms with Gasteiger partial charge < -0.3 is 10.1 Å². The third-order valence-corrected chi connectivity index (χ3v) is 5.01. The average molecular weight is 320 g/mol. The second-order valence-corrected chi connectivity index (χ2v) is 6.76. The highest BCUT2D eigenvalue weighted by atomic mass is 16.5. The van der Waals surface area contributed by atoms with E-state index in [-0.39, 0.29) is 5.41 Å². The molecule has 24 heavy (non-hydrogen) atoms. The summed E-state index contributed by atoms with van der Waals surface area (Å²) in [6.07, 6.45) is 4.41. The van der Waals surface area contributed by atoms with Gasteiger partial charge in [-0.2, -0.15) is 4.74 Å². The predicted molar refractivity (Wildman–Crippen MR) is 96.1 cm³/mol. The number of rotatable bonds is 2. The fourth-order valence-electron chi connectivity index (χ4n) is 3.30. The summed E-state index contributed by atoms with van der Waals surface area (Å²) in [5, 5.41) is 13.0. The number of amidine groups is 1. The first kappa shape index (κ1) is 14.9. The monoisotopic (exact) mass is 320 g/mol. The van der Waals surface area contributed by atoms with Gasteiger partial charge in [-0.3, -0.25) is 9.98 Å². The van der Waals surface area contributed by atoms with E-state index in [0.29, 0.717) is 11.4 Å². The largest absolute Gasteiger partial charge is 0.618 e. The van der Waals surface area contributed by atoms with Crippen molar-refractivity contribution in [2.75, 3.05) is 18.0 Å².